The number of hydrogen-bond acceptors (Lipinski definition) is 4. The number of hydrogen-bond donors (Lipinski definition) is 1. The van der Waals surface area contributed by atoms with Crippen LogP contribution in [0.1, 0.15) is 54.9 Å². The Morgan fingerprint density at radius 3 is 2.46 bits per heavy atom. The van der Waals surface area contributed by atoms with Crippen molar-refractivity contribution < 1.29 is 19.1 Å². The smallest absolute Gasteiger partial charge is 0.338 e. The highest BCUT2D eigenvalue weighted by Crippen LogP contribution is 2.14. The molecule has 0 saturated heterocycles. The number of ether oxygens (including phenoxy) is 2. The lowest BCUT2D eigenvalue weighted by molar-refractivity contribution is -0.116. The van der Waals surface area contributed by atoms with Gasteiger partial charge in [-0.15, -0.1) is 0 Å². The van der Waals surface area contributed by atoms with E-state index in [9.17, 15) is 9.59 Å². The van der Waals surface area contributed by atoms with E-state index in [0.29, 0.717) is 37.3 Å². The van der Waals surface area contributed by atoms with Crippen LogP contribution in [0.4, 0.5) is 5.69 Å². The molecule has 0 fully saturated rings. The van der Waals surface area contributed by atoms with E-state index in [-0.39, 0.29) is 11.9 Å². The maximum absolute atomic E-state index is 12.0. The molecule has 150 valence electrons. The number of carbonyl (C=O) groups excluding carboxylic acids is 2. The first kappa shape index (κ1) is 21.5. The Balaban J connectivity index is 1.68. The topological polar surface area (TPSA) is 64.6 Å². The monoisotopic (exact) mass is 383 g/mol. The zero-order valence-electron chi connectivity index (χ0n) is 16.7. The van der Waals surface area contributed by atoms with Gasteiger partial charge in [0.05, 0.1) is 18.8 Å². The van der Waals surface area contributed by atoms with Gasteiger partial charge in [-0.3, -0.25) is 4.79 Å². The minimum atomic E-state index is -0.331. The lowest BCUT2D eigenvalue weighted by Gasteiger charge is -2.08. The summed E-state index contributed by atoms with van der Waals surface area (Å²) in [5.74, 6) is 0.405. The molecule has 0 radical (unpaired) electrons. The fourth-order valence-electron chi connectivity index (χ4n) is 2.64. The van der Waals surface area contributed by atoms with Crippen LogP contribution in [-0.2, 0) is 9.53 Å². The number of rotatable bonds is 11. The van der Waals surface area contributed by atoms with Crippen molar-refractivity contribution in [3.05, 3.63) is 59.7 Å². The molecule has 0 saturated carbocycles. The number of aryl methyl sites for hydroxylation is 1. The maximum atomic E-state index is 12.0. The highest BCUT2D eigenvalue weighted by Gasteiger charge is 2.08. The molecule has 2 aromatic carbocycles. The molecular weight excluding hydrogens is 354 g/mol. The Kier molecular flexibility index (Phi) is 9.05. The summed E-state index contributed by atoms with van der Waals surface area (Å²) >= 11 is 0. The first-order valence-electron chi connectivity index (χ1n) is 9.85. The van der Waals surface area contributed by atoms with Gasteiger partial charge in [0.1, 0.15) is 5.75 Å². The lowest BCUT2D eigenvalue weighted by Crippen LogP contribution is -2.13. The molecule has 2 aromatic rings. The fraction of sp³-hybridized carbons (Fsp3) is 0.391. The van der Waals surface area contributed by atoms with Gasteiger partial charge >= 0.3 is 5.97 Å². The summed E-state index contributed by atoms with van der Waals surface area (Å²) in [6, 6.07) is 14.6. The minimum absolute atomic E-state index is 0.0808. The average Bonchev–Trinajstić information content (AvgIpc) is 2.69. The molecule has 0 aliphatic rings. The van der Waals surface area contributed by atoms with Crippen LogP contribution in [0.25, 0.3) is 0 Å². The third-order valence-corrected chi connectivity index (χ3v) is 4.19. The Morgan fingerprint density at radius 1 is 0.964 bits per heavy atom. The van der Waals surface area contributed by atoms with E-state index in [2.05, 4.69) is 12.2 Å². The van der Waals surface area contributed by atoms with Crippen molar-refractivity contribution in [2.75, 3.05) is 18.5 Å². The van der Waals surface area contributed by atoms with Crippen molar-refractivity contribution >= 4 is 17.6 Å². The molecule has 0 aliphatic heterocycles. The van der Waals surface area contributed by atoms with Crippen molar-refractivity contribution in [1.29, 1.82) is 0 Å². The van der Waals surface area contributed by atoms with E-state index < -0.39 is 0 Å². The first-order valence-corrected chi connectivity index (χ1v) is 9.85. The Labute approximate surface area is 167 Å². The van der Waals surface area contributed by atoms with Gasteiger partial charge in [0.25, 0.3) is 0 Å². The summed E-state index contributed by atoms with van der Waals surface area (Å²) in [7, 11) is 0. The van der Waals surface area contributed by atoms with Crippen molar-refractivity contribution in [3.63, 3.8) is 0 Å². The summed E-state index contributed by atoms with van der Waals surface area (Å²) in [5, 5.41) is 2.83. The highest BCUT2D eigenvalue weighted by molar-refractivity contribution is 5.93. The zero-order chi connectivity index (χ0) is 20.2. The third kappa shape index (κ3) is 7.82. The van der Waals surface area contributed by atoms with Crippen LogP contribution >= 0.6 is 0 Å². The van der Waals surface area contributed by atoms with Crippen LogP contribution in [0, 0.1) is 6.92 Å². The molecule has 0 atom stereocenters. The van der Waals surface area contributed by atoms with Gasteiger partial charge in [-0.1, -0.05) is 31.9 Å². The third-order valence-electron chi connectivity index (χ3n) is 4.19. The van der Waals surface area contributed by atoms with Crippen LogP contribution in [0.5, 0.6) is 5.75 Å². The minimum Gasteiger partial charge on any atom is -0.494 e. The van der Waals surface area contributed by atoms with E-state index in [0.717, 1.165) is 30.6 Å². The predicted octanol–water partition coefficient (Wildman–Crippen LogP) is 5.14. The van der Waals surface area contributed by atoms with Gasteiger partial charge < -0.3 is 14.8 Å². The summed E-state index contributed by atoms with van der Waals surface area (Å²) in [4.78, 5) is 24.0. The Bertz CT molecular complexity index is 755. The molecule has 0 bridgehead atoms. The molecule has 5 heteroatoms. The van der Waals surface area contributed by atoms with Crippen LogP contribution < -0.4 is 10.1 Å². The van der Waals surface area contributed by atoms with Gasteiger partial charge in [-0.25, -0.2) is 4.79 Å². The largest absolute Gasteiger partial charge is 0.494 e. The molecule has 0 unspecified atom stereocenters. The number of amides is 1. The van der Waals surface area contributed by atoms with Crippen LogP contribution in [-0.4, -0.2) is 25.1 Å². The second kappa shape index (κ2) is 11.8. The van der Waals surface area contributed by atoms with E-state index in [1.54, 1.807) is 24.3 Å². The SMILES string of the molecule is CCCCCOC(=O)c1ccc(NC(=O)CCCOc2cccc(C)c2)cc1. The molecule has 5 nitrogen and oxygen atoms in total. The van der Waals surface area contributed by atoms with Crippen molar-refractivity contribution in [3.8, 4) is 5.75 Å². The van der Waals surface area contributed by atoms with Gasteiger partial charge in [0, 0.05) is 12.1 Å². The summed E-state index contributed by atoms with van der Waals surface area (Å²) in [5.41, 5.74) is 2.29. The second-order valence-electron chi connectivity index (χ2n) is 6.74. The van der Waals surface area contributed by atoms with Crippen LogP contribution in [0.15, 0.2) is 48.5 Å². The normalized spacial score (nSPS) is 10.4. The molecule has 0 aliphatic carbocycles. The van der Waals surface area contributed by atoms with Crippen molar-refractivity contribution in [1.82, 2.24) is 0 Å². The first-order chi connectivity index (χ1) is 13.6. The molecule has 28 heavy (non-hydrogen) atoms. The molecule has 0 spiro atoms. The second-order valence-corrected chi connectivity index (χ2v) is 6.74. The zero-order valence-corrected chi connectivity index (χ0v) is 16.7. The van der Waals surface area contributed by atoms with E-state index in [1.807, 2.05) is 31.2 Å². The Morgan fingerprint density at radius 2 is 1.75 bits per heavy atom. The number of carbonyl (C=O) groups is 2. The summed E-state index contributed by atoms with van der Waals surface area (Å²) in [6.07, 6.45) is 4.01. The van der Waals surface area contributed by atoms with Gasteiger partial charge in [-0.2, -0.15) is 0 Å². The molecule has 2 rings (SSSR count). The van der Waals surface area contributed by atoms with Crippen LogP contribution in [0.3, 0.4) is 0 Å². The van der Waals surface area contributed by atoms with E-state index >= 15 is 0 Å². The molecular formula is C23H29NO4. The van der Waals surface area contributed by atoms with Crippen LogP contribution in [0.2, 0.25) is 0 Å². The quantitative estimate of drug-likeness (QED) is 0.431. The van der Waals surface area contributed by atoms with Gasteiger partial charge in [0.2, 0.25) is 5.91 Å². The van der Waals surface area contributed by atoms with E-state index in [1.165, 1.54) is 0 Å². The fourth-order valence-corrected chi connectivity index (χ4v) is 2.64. The van der Waals surface area contributed by atoms with Gasteiger partial charge in [-0.05, 0) is 61.7 Å². The number of unbranched alkanes of at least 4 members (excludes halogenated alkanes) is 2. The van der Waals surface area contributed by atoms with Crippen molar-refractivity contribution in [2.45, 2.75) is 46.0 Å². The number of anilines is 1. The Hall–Kier alpha value is -2.82. The lowest BCUT2D eigenvalue weighted by atomic mass is 10.2. The molecule has 1 amide bonds. The van der Waals surface area contributed by atoms with Crippen molar-refractivity contribution in [2.24, 2.45) is 0 Å². The number of nitrogens with one attached hydrogen (secondary N) is 1. The number of benzene rings is 2. The molecule has 0 aromatic heterocycles. The average molecular weight is 383 g/mol. The standard InChI is InChI=1S/C23H29NO4/c1-3-4-5-15-28-23(26)19-11-13-20(14-12-19)24-22(25)10-7-16-27-21-9-6-8-18(2)17-21/h6,8-9,11-14,17H,3-5,7,10,15-16H2,1-2H3,(H,24,25). The maximum Gasteiger partial charge on any atom is 0.338 e. The molecule has 0 heterocycles. The number of esters is 1. The molecule has 1 N–H and O–H groups in total. The highest BCUT2D eigenvalue weighted by atomic mass is 16.5. The van der Waals surface area contributed by atoms with Gasteiger partial charge in [0.15, 0.2) is 0 Å². The summed E-state index contributed by atoms with van der Waals surface area (Å²) < 4.78 is 10.9. The predicted molar refractivity (Wildman–Crippen MR) is 111 cm³/mol. The summed E-state index contributed by atoms with van der Waals surface area (Å²) in [6.45, 7) is 5.04. The van der Waals surface area contributed by atoms with E-state index in [4.69, 9.17) is 9.47 Å².